The van der Waals surface area contributed by atoms with Gasteiger partial charge in [-0.3, -0.25) is 4.99 Å². The van der Waals surface area contributed by atoms with Gasteiger partial charge in [-0.2, -0.15) is 13.2 Å². The van der Waals surface area contributed by atoms with Crippen LogP contribution in [0.5, 0.6) is 0 Å². The highest BCUT2D eigenvalue weighted by atomic mass is 19.4. The zero-order chi connectivity index (χ0) is 18.1. The van der Waals surface area contributed by atoms with Crippen molar-refractivity contribution >= 4 is 5.96 Å². The minimum absolute atomic E-state index is 0.206. The predicted octanol–water partition coefficient (Wildman–Crippen LogP) is 2.57. The van der Waals surface area contributed by atoms with Crippen LogP contribution in [0.15, 0.2) is 29.3 Å². The molecule has 2 rings (SSSR count). The lowest BCUT2D eigenvalue weighted by Gasteiger charge is -2.13. The summed E-state index contributed by atoms with van der Waals surface area (Å²) in [6.45, 7) is 3.18. The van der Waals surface area contributed by atoms with E-state index in [4.69, 9.17) is 9.47 Å². The Hall–Kier alpha value is -1.80. The quantitative estimate of drug-likeness (QED) is 0.446. The maximum atomic E-state index is 12.5. The molecule has 5 nitrogen and oxygen atoms in total. The summed E-state index contributed by atoms with van der Waals surface area (Å²) in [5.41, 5.74) is 0.104. The van der Waals surface area contributed by atoms with Crippen molar-refractivity contribution in [1.82, 2.24) is 10.6 Å². The number of rotatable bonds is 7. The Bertz CT molecular complexity index is 541. The molecule has 1 heterocycles. The third-order valence-electron chi connectivity index (χ3n) is 3.82. The van der Waals surface area contributed by atoms with E-state index in [1.807, 2.05) is 0 Å². The van der Waals surface area contributed by atoms with E-state index in [0.29, 0.717) is 32.3 Å². The zero-order valence-corrected chi connectivity index (χ0v) is 14.2. The van der Waals surface area contributed by atoms with E-state index in [-0.39, 0.29) is 6.10 Å². The molecule has 140 valence electrons. The van der Waals surface area contributed by atoms with Gasteiger partial charge < -0.3 is 20.1 Å². The molecule has 1 aromatic carbocycles. The average Bonchev–Trinajstić information content (AvgIpc) is 3.10. The fraction of sp³-hybridized carbons (Fsp3) is 0.588. The molecular weight excluding hydrogens is 335 g/mol. The lowest BCUT2D eigenvalue weighted by atomic mass is 10.1. The standard InChI is InChI=1S/C17H24F3N3O2/c1-21-16(22-8-2-9-25-15-7-10-24-12-15)23-11-13-3-5-14(6-4-13)17(18,19)20/h3-6,15H,2,7-12H2,1H3,(H2,21,22,23). The van der Waals surface area contributed by atoms with Gasteiger partial charge in [0.25, 0.3) is 0 Å². The van der Waals surface area contributed by atoms with Crippen molar-refractivity contribution in [2.24, 2.45) is 4.99 Å². The van der Waals surface area contributed by atoms with Crippen molar-refractivity contribution in [3.63, 3.8) is 0 Å². The van der Waals surface area contributed by atoms with Crippen LogP contribution in [0.2, 0.25) is 0 Å². The Morgan fingerprint density at radius 3 is 2.64 bits per heavy atom. The molecule has 0 amide bonds. The number of hydrogen-bond acceptors (Lipinski definition) is 3. The Morgan fingerprint density at radius 2 is 2.04 bits per heavy atom. The molecule has 0 aliphatic carbocycles. The van der Waals surface area contributed by atoms with Gasteiger partial charge in [0.15, 0.2) is 5.96 Å². The van der Waals surface area contributed by atoms with Crippen molar-refractivity contribution in [3.05, 3.63) is 35.4 Å². The Labute approximate surface area is 145 Å². The number of benzene rings is 1. The Balaban J connectivity index is 1.64. The van der Waals surface area contributed by atoms with Gasteiger partial charge in [-0.25, -0.2) is 0 Å². The number of ether oxygens (including phenoxy) is 2. The topological polar surface area (TPSA) is 54.9 Å². The van der Waals surface area contributed by atoms with Gasteiger partial charge in [0.1, 0.15) is 0 Å². The molecule has 25 heavy (non-hydrogen) atoms. The molecule has 2 N–H and O–H groups in total. The van der Waals surface area contributed by atoms with Gasteiger partial charge in [-0.15, -0.1) is 0 Å². The summed E-state index contributed by atoms with van der Waals surface area (Å²) < 4.78 is 48.5. The van der Waals surface area contributed by atoms with E-state index < -0.39 is 11.7 Å². The summed E-state index contributed by atoms with van der Waals surface area (Å²) in [6, 6.07) is 5.08. The van der Waals surface area contributed by atoms with Crippen molar-refractivity contribution in [2.45, 2.75) is 31.7 Å². The van der Waals surface area contributed by atoms with Gasteiger partial charge >= 0.3 is 6.18 Å². The highest BCUT2D eigenvalue weighted by Gasteiger charge is 2.29. The molecule has 1 aliphatic heterocycles. The maximum absolute atomic E-state index is 12.5. The summed E-state index contributed by atoms with van der Waals surface area (Å²) in [5.74, 6) is 0.601. The number of alkyl halides is 3. The molecule has 1 aromatic rings. The molecular formula is C17H24F3N3O2. The van der Waals surface area contributed by atoms with Crippen LogP contribution in [0.1, 0.15) is 24.0 Å². The van der Waals surface area contributed by atoms with E-state index in [2.05, 4.69) is 15.6 Å². The summed E-state index contributed by atoms with van der Waals surface area (Å²) in [7, 11) is 1.65. The summed E-state index contributed by atoms with van der Waals surface area (Å²) >= 11 is 0. The summed E-state index contributed by atoms with van der Waals surface area (Å²) in [6.07, 6.45) is -2.32. The first-order valence-electron chi connectivity index (χ1n) is 8.29. The summed E-state index contributed by atoms with van der Waals surface area (Å²) in [4.78, 5) is 4.09. The maximum Gasteiger partial charge on any atom is 0.416 e. The third-order valence-corrected chi connectivity index (χ3v) is 3.82. The van der Waals surface area contributed by atoms with Crippen LogP contribution in [0.3, 0.4) is 0 Å². The SMILES string of the molecule is CN=C(NCCCOC1CCOC1)NCc1ccc(C(F)(F)F)cc1. The fourth-order valence-corrected chi connectivity index (χ4v) is 2.39. The largest absolute Gasteiger partial charge is 0.416 e. The molecule has 1 fully saturated rings. The number of nitrogens with one attached hydrogen (secondary N) is 2. The van der Waals surface area contributed by atoms with Crippen LogP contribution >= 0.6 is 0 Å². The molecule has 1 aliphatic rings. The predicted molar refractivity (Wildman–Crippen MR) is 89.4 cm³/mol. The second-order valence-electron chi connectivity index (χ2n) is 5.76. The van der Waals surface area contributed by atoms with Gasteiger partial charge in [0.2, 0.25) is 0 Å². The molecule has 1 atom stereocenters. The van der Waals surface area contributed by atoms with E-state index in [1.165, 1.54) is 12.1 Å². The normalized spacial score (nSPS) is 18.4. The van der Waals surface area contributed by atoms with Crippen molar-refractivity contribution in [2.75, 3.05) is 33.4 Å². The molecule has 0 spiro atoms. The molecule has 1 saturated heterocycles. The summed E-state index contributed by atoms with van der Waals surface area (Å²) in [5, 5.41) is 6.22. The van der Waals surface area contributed by atoms with Crippen LogP contribution < -0.4 is 10.6 Å². The first kappa shape index (κ1) is 19.5. The molecule has 0 radical (unpaired) electrons. The van der Waals surface area contributed by atoms with E-state index >= 15 is 0 Å². The third kappa shape index (κ3) is 6.91. The van der Waals surface area contributed by atoms with Gasteiger partial charge in [0.05, 0.1) is 18.3 Å². The van der Waals surface area contributed by atoms with Crippen LogP contribution in [-0.2, 0) is 22.2 Å². The fourth-order valence-electron chi connectivity index (χ4n) is 2.39. The van der Waals surface area contributed by atoms with Crippen molar-refractivity contribution in [3.8, 4) is 0 Å². The Morgan fingerprint density at radius 1 is 1.28 bits per heavy atom. The van der Waals surface area contributed by atoms with Gasteiger partial charge in [0, 0.05) is 33.4 Å². The highest BCUT2D eigenvalue weighted by Crippen LogP contribution is 2.28. The smallest absolute Gasteiger partial charge is 0.379 e. The molecule has 0 saturated carbocycles. The molecule has 1 unspecified atom stereocenters. The second kappa shape index (κ2) is 9.62. The van der Waals surface area contributed by atoms with Gasteiger partial charge in [-0.05, 0) is 30.5 Å². The number of nitrogens with zero attached hydrogens (tertiary/aromatic N) is 1. The first-order valence-corrected chi connectivity index (χ1v) is 8.29. The Kier molecular flexibility index (Phi) is 7.52. The number of guanidine groups is 1. The van der Waals surface area contributed by atoms with Crippen LogP contribution in [0, 0.1) is 0 Å². The molecule has 0 bridgehead atoms. The average molecular weight is 359 g/mol. The van der Waals surface area contributed by atoms with Crippen molar-refractivity contribution < 1.29 is 22.6 Å². The van der Waals surface area contributed by atoms with Crippen LogP contribution in [0.25, 0.3) is 0 Å². The second-order valence-corrected chi connectivity index (χ2v) is 5.76. The number of aliphatic imine (C=N–C) groups is 1. The first-order chi connectivity index (χ1) is 12.0. The highest BCUT2D eigenvalue weighted by molar-refractivity contribution is 5.79. The molecule has 0 aromatic heterocycles. The molecule has 8 heteroatoms. The number of hydrogen-bond donors (Lipinski definition) is 2. The number of halogens is 3. The lowest BCUT2D eigenvalue weighted by molar-refractivity contribution is -0.137. The lowest BCUT2D eigenvalue weighted by Crippen LogP contribution is -2.37. The van der Waals surface area contributed by atoms with Crippen LogP contribution in [0.4, 0.5) is 13.2 Å². The minimum atomic E-state index is -4.31. The van der Waals surface area contributed by atoms with E-state index in [9.17, 15) is 13.2 Å². The minimum Gasteiger partial charge on any atom is -0.379 e. The van der Waals surface area contributed by atoms with Gasteiger partial charge in [-0.1, -0.05) is 12.1 Å². The zero-order valence-electron chi connectivity index (χ0n) is 14.2. The monoisotopic (exact) mass is 359 g/mol. The van der Waals surface area contributed by atoms with Crippen LogP contribution in [-0.4, -0.2) is 45.5 Å². The van der Waals surface area contributed by atoms with Crippen molar-refractivity contribution in [1.29, 1.82) is 0 Å². The van der Waals surface area contributed by atoms with E-state index in [1.54, 1.807) is 7.05 Å². The van der Waals surface area contributed by atoms with E-state index in [0.717, 1.165) is 37.1 Å².